The van der Waals surface area contributed by atoms with Gasteiger partial charge in [0.2, 0.25) is 0 Å². The minimum Gasteiger partial charge on any atom is -0.355 e. The molecule has 0 aliphatic carbocycles. The van der Waals surface area contributed by atoms with Gasteiger partial charge in [-0.3, -0.25) is 0 Å². The molecule has 0 fully saturated rings. The van der Waals surface area contributed by atoms with E-state index in [9.17, 15) is 0 Å². The van der Waals surface area contributed by atoms with Gasteiger partial charge in [-0.15, -0.1) is 0 Å². The molecule has 0 saturated heterocycles. The average molecular weight is 253 g/mol. The van der Waals surface area contributed by atoms with Crippen molar-refractivity contribution >= 4 is 11.4 Å². The van der Waals surface area contributed by atoms with Crippen LogP contribution in [0.2, 0.25) is 0 Å². The van der Waals surface area contributed by atoms with E-state index >= 15 is 0 Å². The molecule has 2 rings (SSSR count). The van der Waals surface area contributed by atoms with E-state index in [0.29, 0.717) is 5.92 Å². The highest BCUT2D eigenvalue weighted by Gasteiger charge is 2.11. The van der Waals surface area contributed by atoms with Crippen LogP contribution in [0.1, 0.15) is 38.7 Å². The van der Waals surface area contributed by atoms with Gasteiger partial charge < -0.3 is 5.32 Å². The maximum absolute atomic E-state index is 3.53. The minimum absolute atomic E-state index is 0.576. The summed E-state index contributed by atoms with van der Waals surface area (Å²) in [7, 11) is 0. The van der Waals surface area contributed by atoms with Crippen molar-refractivity contribution in [2.45, 2.75) is 33.1 Å². The molecule has 2 aromatic rings. The highest BCUT2D eigenvalue weighted by molar-refractivity contribution is 5.63. The van der Waals surface area contributed by atoms with Crippen LogP contribution in [-0.4, -0.2) is 0 Å². The smallest absolute Gasteiger partial charge is 0.0419 e. The third-order valence-electron chi connectivity index (χ3n) is 3.37. The van der Waals surface area contributed by atoms with Crippen LogP contribution in [0.4, 0.5) is 11.4 Å². The molecule has 0 radical (unpaired) electrons. The van der Waals surface area contributed by atoms with E-state index in [4.69, 9.17) is 0 Å². The van der Waals surface area contributed by atoms with Gasteiger partial charge in [0.1, 0.15) is 0 Å². The Labute approximate surface area is 116 Å². The molecule has 1 unspecified atom stereocenters. The molecular formula is C18H23N. The number of benzene rings is 2. The van der Waals surface area contributed by atoms with Gasteiger partial charge in [0, 0.05) is 11.4 Å². The molecule has 0 amide bonds. The third kappa shape index (κ3) is 3.85. The van der Waals surface area contributed by atoms with Gasteiger partial charge in [-0.2, -0.15) is 0 Å². The number of hydrogen-bond donors (Lipinski definition) is 1. The fraction of sp³-hybridized carbons (Fsp3) is 0.333. The minimum atomic E-state index is 0.576. The summed E-state index contributed by atoms with van der Waals surface area (Å²) in [4.78, 5) is 0. The van der Waals surface area contributed by atoms with Crippen LogP contribution >= 0.6 is 0 Å². The standard InChI is InChI=1S/C18H23N/c1-14(2)13-15(3)17-11-7-8-12-18(17)19-16-9-5-4-6-10-16/h4-12,14-15,19H,13H2,1-3H3. The predicted molar refractivity (Wildman–Crippen MR) is 84.0 cm³/mol. The Morgan fingerprint density at radius 1 is 0.842 bits per heavy atom. The molecule has 19 heavy (non-hydrogen) atoms. The molecule has 0 aliphatic rings. The molecule has 2 aromatic carbocycles. The van der Waals surface area contributed by atoms with E-state index < -0.39 is 0 Å². The van der Waals surface area contributed by atoms with Gasteiger partial charge in [-0.1, -0.05) is 57.2 Å². The van der Waals surface area contributed by atoms with Crippen LogP contribution in [0, 0.1) is 5.92 Å². The van der Waals surface area contributed by atoms with E-state index in [1.54, 1.807) is 0 Å². The summed E-state index contributed by atoms with van der Waals surface area (Å²) in [6.45, 7) is 6.87. The van der Waals surface area contributed by atoms with E-state index in [-0.39, 0.29) is 0 Å². The van der Waals surface area contributed by atoms with Crippen molar-refractivity contribution in [3.05, 3.63) is 60.2 Å². The molecule has 1 atom stereocenters. The highest BCUT2D eigenvalue weighted by atomic mass is 14.9. The lowest BCUT2D eigenvalue weighted by molar-refractivity contribution is 0.524. The van der Waals surface area contributed by atoms with Crippen LogP contribution < -0.4 is 5.32 Å². The Kier molecular flexibility index (Phi) is 4.62. The lowest BCUT2D eigenvalue weighted by atomic mass is 9.91. The molecule has 1 N–H and O–H groups in total. The quantitative estimate of drug-likeness (QED) is 0.733. The van der Waals surface area contributed by atoms with Crippen molar-refractivity contribution in [3.8, 4) is 0 Å². The molecule has 1 nitrogen and oxygen atoms in total. The second-order valence-corrected chi connectivity index (χ2v) is 5.61. The first-order valence-electron chi connectivity index (χ1n) is 7.08. The first-order chi connectivity index (χ1) is 9.16. The molecule has 0 aliphatic heterocycles. The third-order valence-corrected chi connectivity index (χ3v) is 3.37. The number of hydrogen-bond acceptors (Lipinski definition) is 1. The summed E-state index contributed by atoms with van der Waals surface area (Å²) < 4.78 is 0. The predicted octanol–water partition coefficient (Wildman–Crippen LogP) is 5.58. The monoisotopic (exact) mass is 253 g/mol. The van der Waals surface area contributed by atoms with E-state index in [1.165, 1.54) is 17.7 Å². The molecule has 1 heteroatoms. The zero-order valence-electron chi connectivity index (χ0n) is 12.1. The van der Waals surface area contributed by atoms with Gasteiger partial charge in [0.25, 0.3) is 0 Å². The first-order valence-corrected chi connectivity index (χ1v) is 7.08. The fourth-order valence-electron chi connectivity index (χ4n) is 2.55. The van der Waals surface area contributed by atoms with Gasteiger partial charge in [0.05, 0.1) is 0 Å². The number of anilines is 2. The number of para-hydroxylation sites is 2. The Balaban J connectivity index is 2.21. The van der Waals surface area contributed by atoms with Crippen molar-refractivity contribution in [2.75, 3.05) is 5.32 Å². The lowest BCUT2D eigenvalue weighted by Gasteiger charge is -2.19. The summed E-state index contributed by atoms with van der Waals surface area (Å²) in [6, 6.07) is 19.0. The number of rotatable bonds is 5. The second-order valence-electron chi connectivity index (χ2n) is 5.61. The van der Waals surface area contributed by atoms with Crippen LogP contribution in [0.25, 0.3) is 0 Å². The van der Waals surface area contributed by atoms with E-state index in [2.05, 4.69) is 74.6 Å². The Morgan fingerprint density at radius 3 is 2.16 bits per heavy atom. The van der Waals surface area contributed by atoms with Gasteiger partial charge >= 0.3 is 0 Å². The van der Waals surface area contributed by atoms with E-state index in [1.807, 2.05) is 6.07 Å². The number of nitrogens with one attached hydrogen (secondary N) is 1. The summed E-state index contributed by atoms with van der Waals surface area (Å²) >= 11 is 0. The van der Waals surface area contributed by atoms with E-state index in [0.717, 1.165) is 11.6 Å². The van der Waals surface area contributed by atoms with Crippen molar-refractivity contribution in [1.82, 2.24) is 0 Å². The van der Waals surface area contributed by atoms with Gasteiger partial charge in [0.15, 0.2) is 0 Å². The summed E-state index contributed by atoms with van der Waals surface area (Å²) in [5.41, 5.74) is 3.77. The summed E-state index contributed by atoms with van der Waals surface area (Å²) in [5, 5.41) is 3.53. The van der Waals surface area contributed by atoms with Gasteiger partial charge in [-0.05, 0) is 42.0 Å². The van der Waals surface area contributed by atoms with Crippen molar-refractivity contribution in [2.24, 2.45) is 5.92 Å². The van der Waals surface area contributed by atoms with Crippen LogP contribution in [0.3, 0.4) is 0 Å². The van der Waals surface area contributed by atoms with Gasteiger partial charge in [-0.25, -0.2) is 0 Å². The molecular weight excluding hydrogens is 230 g/mol. The molecule has 0 heterocycles. The zero-order valence-corrected chi connectivity index (χ0v) is 12.1. The zero-order chi connectivity index (χ0) is 13.7. The maximum Gasteiger partial charge on any atom is 0.0419 e. The first kappa shape index (κ1) is 13.7. The maximum atomic E-state index is 3.53. The summed E-state index contributed by atoms with van der Waals surface area (Å²) in [5.74, 6) is 1.30. The normalized spacial score (nSPS) is 12.4. The van der Waals surface area contributed by atoms with Crippen LogP contribution in [0.15, 0.2) is 54.6 Å². The van der Waals surface area contributed by atoms with Crippen LogP contribution in [0.5, 0.6) is 0 Å². The second kappa shape index (κ2) is 6.42. The van der Waals surface area contributed by atoms with Crippen molar-refractivity contribution in [3.63, 3.8) is 0 Å². The van der Waals surface area contributed by atoms with Crippen molar-refractivity contribution < 1.29 is 0 Å². The highest BCUT2D eigenvalue weighted by Crippen LogP contribution is 2.30. The molecule has 100 valence electrons. The SMILES string of the molecule is CC(C)CC(C)c1ccccc1Nc1ccccc1. The Hall–Kier alpha value is -1.76. The average Bonchev–Trinajstić information content (AvgIpc) is 2.39. The van der Waals surface area contributed by atoms with Crippen molar-refractivity contribution in [1.29, 1.82) is 0 Å². The molecule has 0 bridgehead atoms. The van der Waals surface area contributed by atoms with Crippen LogP contribution in [-0.2, 0) is 0 Å². The fourth-order valence-corrected chi connectivity index (χ4v) is 2.55. The summed E-state index contributed by atoms with van der Waals surface area (Å²) in [6.07, 6.45) is 1.22. The Bertz CT molecular complexity index is 502. The molecule has 0 aromatic heterocycles. The Morgan fingerprint density at radius 2 is 1.47 bits per heavy atom. The molecule has 0 saturated carbocycles. The lowest BCUT2D eigenvalue weighted by Crippen LogP contribution is -2.03. The largest absolute Gasteiger partial charge is 0.355 e. The molecule has 0 spiro atoms. The topological polar surface area (TPSA) is 12.0 Å².